The molecule has 2 heterocycles. The number of benzene rings is 2. The van der Waals surface area contributed by atoms with Gasteiger partial charge in [0, 0.05) is 18.5 Å². The van der Waals surface area contributed by atoms with Crippen LogP contribution in [0.5, 0.6) is 11.6 Å². The fourth-order valence-corrected chi connectivity index (χ4v) is 2.90. The van der Waals surface area contributed by atoms with Crippen LogP contribution in [0.3, 0.4) is 0 Å². The van der Waals surface area contributed by atoms with Crippen molar-refractivity contribution in [1.29, 1.82) is 0 Å². The van der Waals surface area contributed by atoms with Crippen LogP contribution < -0.4 is 4.74 Å². The second-order valence-corrected chi connectivity index (χ2v) is 5.99. The zero-order chi connectivity index (χ0) is 17.9. The number of nitrogens with zero attached hydrogens (tertiary/aromatic N) is 2. The highest BCUT2D eigenvalue weighted by atomic mass is 19.1. The van der Waals surface area contributed by atoms with Gasteiger partial charge in [0.05, 0.1) is 13.2 Å². The number of rotatable bonds is 3. The molecule has 4 rings (SSSR count). The van der Waals surface area contributed by atoms with E-state index in [1.165, 1.54) is 24.3 Å². The smallest absolute Gasteiger partial charge is 0.272 e. The van der Waals surface area contributed by atoms with E-state index in [0.29, 0.717) is 43.6 Å². The molecule has 0 aliphatic carbocycles. The molecule has 1 aliphatic rings. The Morgan fingerprint density at radius 2 is 1.81 bits per heavy atom. The molecule has 0 radical (unpaired) electrons. The van der Waals surface area contributed by atoms with Gasteiger partial charge in [-0.25, -0.2) is 9.37 Å². The van der Waals surface area contributed by atoms with Crippen LogP contribution in [0.4, 0.5) is 4.39 Å². The topological polar surface area (TPSA) is 51.7 Å². The molecule has 0 N–H and O–H groups in total. The maximum Gasteiger partial charge on any atom is 0.272 e. The Balaban J connectivity index is 1.73. The van der Waals surface area contributed by atoms with Crippen molar-refractivity contribution in [2.45, 2.75) is 0 Å². The number of aromatic nitrogens is 1. The molecule has 0 saturated carbocycles. The van der Waals surface area contributed by atoms with Gasteiger partial charge in [-0.3, -0.25) is 4.79 Å². The minimum absolute atomic E-state index is 0.150. The molecule has 1 amide bonds. The van der Waals surface area contributed by atoms with Crippen molar-refractivity contribution in [3.8, 4) is 11.6 Å². The Morgan fingerprint density at radius 1 is 1.08 bits per heavy atom. The summed E-state index contributed by atoms with van der Waals surface area (Å²) in [5.74, 6) is 0.292. The third-order valence-corrected chi connectivity index (χ3v) is 4.25. The van der Waals surface area contributed by atoms with E-state index < -0.39 is 0 Å². The lowest BCUT2D eigenvalue weighted by molar-refractivity contribution is 0.0299. The summed E-state index contributed by atoms with van der Waals surface area (Å²) >= 11 is 0. The lowest BCUT2D eigenvalue weighted by Crippen LogP contribution is -2.41. The number of hydrogen-bond donors (Lipinski definition) is 0. The minimum Gasteiger partial charge on any atom is -0.438 e. The third-order valence-electron chi connectivity index (χ3n) is 4.25. The highest BCUT2D eigenvalue weighted by Crippen LogP contribution is 2.29. The summed E-state index contributed by atoms with van der Waals surface area (Å²) in [5, 5.41) is 1.64. The molecular formula is C20H17FN2O3. The number of ether oxygens (including phenoxy) is 2. The van der Waals surface area contributed by atoms with E-state index in [1.54, 1.807) is 11.0 Å². The Labute approximate surface area is 150 Å². The number of amides is 1. The van der Waals surface area contributed by atoms with Crippen molar-refractivity contribution in [3.05, 3.63) is 66.1 Å². The number of fused-ring (bicyclic) bond motifs is 1. The monoisotopic (exact) mass is 352 g/mol. The van der Waals surface area contributed by atoms with Gasteiger partial charge in [0.25, 0.3) is 5.91 Å². The second kappa shape index (κ2) is 7.09. The van der Waals surface area contributed by atoms with Crippen LogP contribution in [-0.4, -0.2) is 42.1 Å². The quantitative estimate of drug-likeness (QED) is 0.722. The number of carbonyl (C=O) groups is 1. The summed E-state index contributed by atoms with van der Waals surface area (Å²) in [6.07, 6.45) is 0. The van der Waals surface area contributed by atoms with Crippen LogP contribution in [0.25, 0.3) is 10.8 Å². The summed E-state index contributed by atoms with van der Waals surface area (Å²) in [7, 11) is 0. The van der Waals surface area contributed by atoms with Crippen molar-refractivity contribution in [2.24, 2.45) is 0 Å². The van der Waals surface area contributed by atoms with E-state index in [4.69, 9.17) is 9.47 Å². The van der Waals surface area contributed by atoms with Crippen molar-refractivity contribution < 1.29 is 18.7 Å². The highest BCUT2D eigenvalue weighted by Gasteiger charge is 2.21. The number of halogens is 1. The lowest BCUT2D eigenvalue weighted by Gasteiger charge is -2.26. The molecular weight excluding hydrogens is 335 g/mol. The fourth-order valence-electron chi connectivity index (χ4n) is 2.90. The maximum absolute atomic E-state index is 13.1. The standard InChI is InChI=1S/C20H17FN2O3/c21-15-5-7-16(8-6-15)26-19-17-4-2-1-3-14(17)13-18(22-19)20(24)23-9-11-25-12-10-23/h1-8,13H,9-12H2. The first-order chi connectivity index (χ1) is 12.7. The van der Waals surface area contributed by atoms with Crippen LogP contribution in [0.1, 0.15) is 10.5 Å². The molecule has 0 unspecified atom stereocenters. The van der Waals surface area contributed by atoms with Gasteiger partial charge in [0.2, 0.25) is 5.88 Å². The Hall–Kier alpha value is -2.99. The van der Waals surface area contributed by atoms with Gasteiger partial charge in [-0.1, -0.05) is 18.2 Å². The van der Waals surface area contributed by atoms with Gasteiger partial charge in [-0.2, -0.15) is 0 Å². The maximum atomic E-state index is 13.1. The molecule has 2 aromatic carbocycles. The number of carbonyl (C=O) groups excluding carboxylic acids is 1. The summed E-state index contributed by atoms with van der Waals surface area (Å²) in [6.45, 7) is 2.14. The number of morpholine rings is 1. The summed E-state index contributed by atoms with van der Waals surface area (Å²) in [5.41, 5.74) is 0.322. The van der Waals surface area contributed by atoms with Crippen molar-refractivity contribution in [2.75, 3.05) is 26.3 Å². The van der Waals surface area contributed by atoms with E-state index in [-0.39, 0.29) is 11.7 Å². The average molecular weight is 352 g/mol. The van der Waals surface area contributed by atoms with E-state index in [2.05, 4.69) is 4.98 Å². The first-order valence-electron chi connectivity index (χ1n) is 8.41. The number of pyridine rings is 1. The predicted molar refractivity (Wildman–Crippen MR) is 94.9 cm³/mol. The summed E-state index contributed by atoms with van der Waals surface area (Å²) in [4.78, 5) is 19.0. The van der Waals surface area contributed by atoms with E-state index in [0.717, 1.165) is 10.8 Å². The molecule has 0 spiro atoms. The fraction of sp³-hybridized carbons (Fsp3) is 0.200. The highest BCUT2D eigenvalue weighted by molar-refractivity contribution is 5.98. The average Bonchev–Trinajstić information content (AvgIpc) is 2.69. The second-order valence-electron chi connectivity index (χ2n) is 5.99. The number of hydrogen-bond acceptors (Lipinski definition) is 4. The Kier molecular flexibility index (Phi) is 4.50. The molecule has 26 heavy (non-hydrogen) atoms. The minimum atomic E-state index is -0.341. The van der Waals surface area contributed by atoms with Gasteiger partial charge in [-0.05, 0) is 41.8 Å². The largest absolute Gasteiger partial charge is 0.438 e. The molecule has 0 bridgehead atoms. The van der Waals surface area contributed by atoms with Crippen LogP contribution in [0.15, 0.2) is 54.6 Å². The van der Waals surface area contributed by atoms with E-state index >= 15 is 0 Å². The van der Waals surface area contributed by atoms with Crippen LogP contribution in [0.2, 0.25) is 0 Å². The van der Waals surface area contributed by atoms with Gasteiger partial charge >= 0.3 is 0 Å². The van der Waals surface area contributed by atoms with Gasteiger partial charge in [-0.15, -0.1) is 0 Å². The normalized spacial score (nSPS) is 14.4. The molecule has 1 aliphatic heterocycles. The third kappa shape index (κ3) is 3.36. The Bertz CT molecular complexity index is 937. The van der Waals surface area contributed by atoms with Crippen LogP contribution in [0, 0.1) is 5.82 Å². The zero-order valence-electron chi connectivity index (χ0n) is 14.0. The van der Waals surface area contributed by atoms with Crippen molar-refractivity contribution in [3.63, 3.8) is 0 Å². The SMILES string of the molecule is O=C(c1cc2ccccc2c(Oc2ccc(F)cc2)n1)N1CCOCC1. The summed E-state index contributed by atoms with van der Waals surface area (Å²) < 4.78 is 24.3. The van der Waals surface area contributed by atoms with Crippen LogP contribution >= 0.6 is 0 Å². The molecule has 6 heteroatoms. The molecule has 3 aromatic rings. The van der Waals surface area contributed by atoms with Gasteiger partial charge in [0.15, 0.2) is 0 Å². The zero-order valence-corrected chi connectivity index (χ0v) is 14.0. The molecule has 0 atom stereocenters. The van der Waals surface area contributed by atoms with Crippen molar-refractivity contribution >= 4 is 16.7 Å². The Morgan fingerprint density at radius 3 is 2.58 bits per heavy atom. The summed E-state index contributed by atoms with van der Waals surface area (Å²) in [6, 6.07) is 15.0. The first-order valence-corrected chi connectivity index (χ1v) is 8.41. The molecule has 1 aromatic heterocycles. The molecule has 132 valence electrons. The van der Waals surface area contributed by atoms with Gasteiger partial charge < -0.3 is 14.4 Å². The predicted octanol–water partition coefficient (Wildman–Crippen LogP) is 3.64. The molecule has 1 fully saturated rings. The van der Waals surface area contributed by atoms with E-state index in [1.807, 2.05) is 24.3 Å². The lowest BCUT2D eigenvalue weighted by atomic mass is 10.1. The van der Waals surface area contributed by atoms with Crippen molar-refractivity contribution in [1.82, 2.24) is 9.88 Å². The van der Waals surface area contributed by atoms with E-state index in [9.17, 15) is 9.18 Å². The van der Waals surface area contributed by atoms with Crippen LogP contribution in [-0.2, 0) is 4.74 Å². The van der Waals surface area contributed by atoms with Gasteiger partial charge in [0.1, 0.15) is 17.3 Å². The molecule has 1 saturated heterocycles. The molecule has 5 nitrogen and oxygen atoms in total. The first kappa shape index (κ1) is 16.5.